The lowest BCUT2D eigenvalue weighted by Crippen LogP contribution is -2.52. The molecule has 4 rings (SSSR count). The Morgan fingerprint density at radius 1 is 1.22 bits per heavy atom. The SMILES string of the molecule is COCC1(C(=O)O)CCCN(C(=O)C2CC2c2cccc3ccccc23)C1. The fraction of sp³-hybridized carbons (Fsp3) is 0.455. The smallest absolute Gasteiger partial charge is 0.313 e. The van der Waals surface area contributed by atoms with E-state index in [-0.39, 0.29) is 30.9 Å². The molecule has 27 heavy (non-hydrogen) atoms. The van der Waals surface area contributed by atoms with Gasteiger partial charge in [-0.25, -0.2) is 0 Å². The molecule has 0 aromatic heterocycles. The van der Waals surface area contributed by atoms with Gasteiger partial charge in [0.05, 0.1) is 6.61 Å². The number of carboxylic acid groups (broad SMARTS) is 1. The Hall–Kier alpha value is -2.40. The van der Waals surface area contributed by atoms with Crippen molar-refractivity contribution in [1.29, 1.82) is 0 Å². The van der Waals surface area contributed by atoms with Crippen LogP contribution in [-0.4, -0.2) is 48.7 Å². The number of methoxy groups -OCH3 is 1. The van der Waals surface area contributed by atoms with Crippen molar-refractivity contribution in [2.75, 3.05) is 26.8 Å². The molecule has 5 nitrogen and oxygen atoms in total. The van der Waals surface area contributed by atoms with Crippen LogP contribution in [0.3, 0.4) is 0 Å². The molecule has 2 aliphatic rings. The highest BCUT2D eigenvalue weighted by molar-refractivity contribution is 5.90. The van der Waals surface area contributed by atoms with Crippen LogP contribution in [0.1, 0.15) is 30.7 Å². The number of benzene rings is 2. The number of carbonyl (C=O) groups excluding carboxylic acids is 1. The van der Waals surface area contributed by atoms with Crippen LogP contribution in [0.2, 0.25) is 0 Å². The van der Waals surface area contributed by atoms with E-state index in [0.29, 0.717) is 19.4 Å². The van der Waals surface area contributed by atoms with E-state index in [1.54, 1.807) is 4.90 Å². The maximum Gasteiger partial charge on any atom is 0.313 e. The number of carboxylic acids is 1. The first-order valence-electron chi connectivity index (χ1n) is 9.54. The normalized spacial score (nSPS) is 27.5. The van der Waals surface area contributed by atoms with E-state index < -0.39 is 11.4 Å². The number of ether oxygens (including phenoxy) is 1. The van der Waals surface area contributed by atoms with Gasteiger partial charge in [-0.15, -0.1) is 0 Å². The monoisotopic (exact) mass is 367 g/mol. The van der Waals surface area contributed by atoms with Crippen LogP contribution >= 0.6 is 0 Å². The minimum absolute atomic E-state index is 0.0389. The largest absolute Gasteiger partial charge is 0.481 e. The van der Waals surface area contributed by atoms with Crippen molar-refractivity contribution in [3.05, 3.63) is 48.0 Å². The molecule has 1 heterocycles. The van der Waals surface area contributed by atoms with Crippen molar-refractivity contribution in [1.82, 2.24) is 4.90 Å². The van der Waals surface area contributed by atoms with Gasteiger partial charge < -0.3 is 14.7 Å². The van der Waals surface area contributed by atoms with Gasteiger partial charge >= 0.3 is 5.97 Å². The average Bonchev–Trinajstić information content (AvgIpc) is 3.48. The molecule has 1 amide bonds. The molecule has 2 aromatic rings. The van der Waals surface area contributed by atoms with Gasteiger partial charge in [0, 0.05) is 26.1 Å². The lowest BCUT2D eigenvalue weighted by atomic mass is 9.80. The molecular formula is C22H25NO4. The Bertz CT molecular complexity index is 870. The third-order valence-corrected chi connectivity index (χ3v) is 6.09. The van der Waals surface area contributed by atoms with E-state index in [1.807, 2.05) is 18.2 Å². The second-order valence-corrected chi connectivity index (χ2v) is 7.90. The molecule has 1 aliphatic carbocycles. The Labute approximate surface area is 158 Å². The lowest BCUT2D eigenvalue weighted by molar-refractivity contribution is -0.159. The molecule has 1 saturated heterocycles. The van der Waals surface area contributed by atoms with Crippen LogP contribution in [0.4, 0.5) is 0 Å². The van der Waals surface area contributed by atoms with Gasteiger partial charge in [0.15, 0.2) is 0 Å². The average molecular weight is 367 g/mol. The molecule has 2 fully saturated rings. The fourth-order valence-electron chi connectivity index (χ4n) is 4.57. The maximum absolute atomic E-state index is 13.1. The summed E-state index contributed by atoms with van der Waals surface area (Å²) in [7, 11) is 1.52. The molecule has 1 aliphatic heterocycles. The van der Waals surface area contributed by atoms with E-state index in [2.05, 4.69) is 24.3 Å². The van der Waals surface area contributed by atoms with Crippen molar-refractivity contribution < 1.29 is 19.4 Å². The number of rotatable bonds is 5. The van der Waals surface area contributed by atoms with E-state index in [1.165, 1.54) is 23.4 Å². The van der Waals surface area contributed by atoms with Gasteiger partial charge in [-0.05, 0) is 41.5 Å². The lowest BCUT2D eigenvalue weighted by Gasteiger charge is -2.39. The molecule has 2 aromatic carbocycles. The topological polar surface area (TPSA) is 66.8 Å². The quantitative estimate of drug-likeness (QED) is 0.881. The molecule has 3 unspecified atom stereocenters. The van der Waals surface area contributed by atoms with E-state index >= 15 is 0 Å². The summed E-state index contributed by atoms with van der Waals surface area (Å²) in [5.41, 5.74) is 0.247. The minimum Gasteiger partial charge on any atom is -0.481 e. The van der Waals surface area contributed by atoms with Crippen molar-refractivity contribution in [2.24, 2.45) is 11.3 Å². The first-order valence-corrected chi connectivity index (χ1v) is 9.54. The van der Waals surface area contributed by atoms with Crippen LogP contribution in [0.15, 0.2) is 42.5 Å². The summed E-state index contributed by atoms with van der Waals surface area (Å²) in [6, 6.07) is 14.5. The Morgan fingerprint density at radius 3 is 2.78 bits per heavy atom. The van der Waals surface area contributed by atoms with E-state index in [4.69, 9.17) is 4.74 Å². The first-order chi connectivity index (χ1) is 13.1. The zero-order valence-electron chi connectivity index (χ0n) is 15.6. The van der Waals surface area contributed by atoms with Gasteiger partial charge in [-0.2, -0.15) is 0 Å². The minimum atomic E-state index is -0.980. The van der Waals surface area contributed by atoms with E-state index in [9.17, 15) is 14.7 Å². The van der Waals surface area contributed by atoms with Gasteiger partial charge in [-0.1, -0.05) is 42.5 Å². The number of likely N-dealkylation sites (tertiary alicyclic amines) is 1. The molecule has 0 spiro atoms. The number of nitrogens with zero attached hydrogens (tertiary/aromatic N) is 1. The number of hydrogen-bond acceptors (Lipinski definition) is 3. The highest BCUT2D eigenvalue weighted by atomic mass is 16.5. The standard InChI is InChI=1S/C22H25NO4/c1-27-14-22(21(25)26)10-5-11-23(13-22)20(24)19-12-18(19)17-9-4-7-15-6-2-3-8-16(15)17/h2-4,6-9,18-19H,5,10-14H2,1H3,(H,25,26). The van der Waals surface area contributed by atoms with Crippen LogP contribution in [0.5, 0.6) is 0 Å². The predicted octanol–water partition coefficient (Wildman–Crippen LogP) is 3.28. The van der Waals surface area contributed by atoms with Gasteiger partial charge in [-0.3, -0.25) is 9.59 Å². The molecular weight excluding hydrogens is 342 g/mol. The number of amides is 1. The summed E-state index contributed by atoms with van der Waals surface area (Å²) in [5.74, 6) is -0.590. The second-order valence-electron chi connectivity index (χ2n) is 7.90. The van der Waals surface area contributed by atoms with Crippen LogP contribution < -0.4 is 0 Å². The summed E-state index contributed by atoms with van der Waals surface area (Å²) < 4.78 is 5.17. The van der Waals surface area contributed by atoms with Crippen LogP contribution in [0.25, 0.3) is 10.8 Å². The molecule has 0 radical (unpaired) electrons. The summed E-state index contributed by atoms with van der Waals surface area (Å²) in [6.45, 7) is 1.02. The van der Waals surface area contributed by atoms with Crippen molar-refractivity contribution in [3.8, 4) is 0 Å². The van der Waals surface area contributed by atoms with E-state index in [0.717, 1.165) is 6.42 Å². The Balaban J connectivity index is 1.52. The predicted molar refractivity (Wildman–Crippen MR) is 103 cm³/mol. The zero-order valence-corrected chi connectivity index (χ0v) is 15.6. The zero-order chi connectivity index (χ0) is 19.0. The number of fused-ring (bicyclic) bond motifs is 1. The Kier molecular flexibility index (Phi) is 4.64. The first kappa shape index (κ1) is 18.0. The number of piperidine rings is 1. The molecule has 3 atom stereocenters. The summed E-state index contributed by atoms with van der Waals surface area (Å²) >= 11 is 0. The number of hydrogen-bond donors (Lipinski definition) is 1. The molecule has 1 N–H and O–H groups in total. The summed E-state index contributed by atoms with van der Waals surface area (Å²) in [4.78, 5) is 26.7. The van der Waals surface area contributed by atoms with Crippen molar-refractivity contribution in [2.45, 2.75) is 25.2 Å². The molecule has 0 bridgehead atoms. The molecule has 142 valence electrons. The summed E-state index contributed by atoms with van der Waals surface area (Å²) in [6.07, 6.45) is 2.10. The van der Waals surface area contributed by atoms with Gasteiger partial charge in [0.2, 0.25) is 5.91 Å². The highest BCUT2D eigenvalue weighted by Crippen LogP contribution is 2.51. The van der Waals surface area contributed by atoms with Crippen LogP contribution in [0, 0.1) is 11.3 Å². The van der Waals surface area contributed by atoms with Gasteiger partial charge in [0.1, 0.15) is 5.41 Å². The van der Waals surface area contributed by atoms with Crippen LogP contribution in [-0.2, 0) is 14.3 Å². The number of carbonyl (C=O) groups is 2. The van der Waals surface area contributed by atoms with Gasteiger partial charge in [0.25, 0.3) is 0 Å². The third-order valence-electron chi connectivity index (χ3n) is 6.09. The fourth-order valence-corrected chi connectivity index (χ4v) is 4.57. The maximum atomic E-state index is 13.1. The van der Waals surface area contributed by atoms with Crippen molar-refractivity contribution in [3.63, 3.8) is 0 Å². The molecule has 1 saturated carbocycles. The Morgan fingerprint density at radius 2 is 2.00 bits per heavy atom. The van der Waals surface area contributed by atoms with Crippen molar-refractivity contribution >= 4 is 22.6 Å². The number of aliphatic carboxylic acids is 1. The highest BCUT2D eigenvalue weighted by Gasteiger charge is 2.50. The second kappa shape index (κ2) is 6.97. The third kappa shape index (κ3) is 3.21. The summed E-state index contributed by atoms with van der Waals surface area (Å²) in [5, 5.41) is 12.1. The molecule has 5 heteroatoms.